The zero-order chi connectivity index (χ0) is 19.3. The van der Waals surface area contributed by atoms with Crippen molar-refractivity contribution in [2.75, 3.05) is 25.5 Å². The van der Waals surface area contributed by atoms with Crippen molar-refractivity contribution >= 4 is 22.9 Å². The minimum absolute atomic E-state index is 0.255. The van der Waals surface area contributed by atoms with Crippen molar-refractivity contribution in [3.8, 4) is 16.6 Å². The lowest BCUT2D eigenvalue weighted by atomic mass is 10.1. The van der Waals surface area contributed by atoms with Gasteiger partial charge in [-0.25, -0.2) is 15.0 Å². The van der Waals surface area contributed by atoms with Crippen LogP contribution in [0.3, 0.4) is 0 Å². The molecule has 3 aromatic rings. The molecule has 0 bridgehead atoms. The van der Waals surface area contributed by atoms with Crippen LogP contribution in [0, 0.1) is 0 Å². The molecule has 3 heterocycles. The summed E-state index contributed by atoms with van der Waals surface area (Å²) in [6.45, 7) is 2.12. The molecule has 8 heteroatoms. The predicted octanol–water partition coefficient (Wildman–Crippen LogP) is 3.33. The van der Waals surface area contributed by atoms with Gasteiger partial charge in [-0.15, -0.1) is 11.3 Å². The summed E-state index contributed by atoms with van der Waals surface area (Å²) in [6, 6.07) is 9.20. The van der Waals surface area contributed by atoms with Gasteiger partial charge >= 0.3 is 0 Å². The lowest BCUT2D eigenvalue weighted by molar-refractivity contribution is 0.102. The first-order valence-electron chi connectivity index (χ1n) is 9.17. The van der Waals surface area contributed by atoms with Crippen LogP contribution in [0.5, 0.6) is 5.75 Å². The number of likely N-dealkylation sites (tertiary alicyclic amines) is 1. The standard InChI is InChI=1S/C20H21N5O2S/c1-25-11-7-16(8-12-25)27-15-5-3-14(4-6-15)23-19(26)17-13-28-20(24-17)18-21-9-2-10-22-18/h2-6,9-10,13,16H,7-8,11-12H2,1H3,(H,23,26). The highest BCUT2D eigenvalue weighted by Crippen LogP contribution is 2.23. The number of nitrogens with one attached hydrogen (secondary N) is 1. The van der Waals surface area contributed by atoms with Crippen LogP contribution in [-0.4, -0.2) is 52.0 Å². The third-order valence-corrected chi connectivity index (χ3v) is 5.41. The van der Waals surface area contributed by atoms with Crippen LogP contribution >= 0.6 is 11.3 Å². The summed E-state index contributed by atoms with van der Waals surface area (Å²) < 4.78 is 6.04. The molecule has 1 fully saturated rings. The topological polar surface area (TPSA) is 80.2 Å². The number of aromatic nitrogens is 3. The molecule has 1 amide bonds. The molecule has 0 spiro atoms. The normalized spacial score (nSPS) is 15.3. The molecule has 1 aliphatic heterocycles. The van der Waals surface area contributed by atoms with Crippen molar-refractivity contribution < 1.29 is 9.53 Å². The first-order chi connectivity index (χ1) is 13.7. The second-order valence-electron chi connectivity index (χ2n) is 6.71. The number of carbonyl (C=O) groups is 1. The smallest absolute Gasteiger partial charge is 0.275 e. The molecule has 0 unspecified atom stereocenters. The van der Waals surface area contributed by atoms with Gasteiger partial charge in [-0.2, -0.15) is 0 Å². The number of anilines is 1. The third-order valence-electron chi connectivity index (χ3n) is 4.57. The van der Waals surface area contributed by atoms with Gasteiger partial charge in [0.15, 0.2) is 10.8 Å². The fraction of sp³-hybridized carbons (Fsp3) is 0.300. The average molecular weight is 395 g/mol. The molecule has 0 aliphatic carbocycles. The largest absolute Gasteiger partial charge is 0.490 e. The van der Waals surface area contributed by atoms with Gasteiger partial charge in [-0.3, -0.25) is 4.79 Å². The molecule has 1 N–H and O–H groups in total. The molecule has 1 aliphatic rings. The Kier molecular flexibility index (Phi) is 5.59. The van der Waals surface area contributed by atoms with E-state index in [1.54, 1.807) is 23.8 Å². The van der Waals surface area contributed by atoms with E-state index in [1.807, 2.05) is 24.3 Å². The second kappa shape index (κ2) is 8.45. The van der Waals surface area contributed by atoms with Gasteiger partial charge < -0.3 is 15.0 Å². The van der Waals surface area contributed by atoms with Crippen LogP contribution in [-0.2, 0) is 0 Å². The number of benzene rings is 1. The first kappa shape index (κ1) is 18.5. The van der Waals surface area contributed by atoms with Crippen molar-refractivity contribution in [1.29, 1.82) is 0 Å². The fourth-order valence-corrected chi connectivity index (χ4v) is 3.74. The van der Waals surface area contributed by atoms with Gasteiger partial charge in [-0.05, 0) is 50.2 Å². The minimum Gasteiger partial charge on any atom is -0.490 e. The van der Waals surface area contributed by atoms with Crippen molar-refractivity contribution in [3.63, 3.8) is 0 Å². The van der Waals surface area contributed by atoms with E-state index in [0.717, 1.165) is 31.7 Å². The highest BCUT2D eigenvalue weighted by atomic mass is 32.1. The summed E-state index contributed by atoms with van der Waals surface area (Å²) in [4.78, 5) is 27.4. The van der Waals surface area contributed by atoms with E-state index >= 15 is 0 Å². The van der Waals surface area contributed by atoms with E-state index in [-0.39, 0.29) is 12.0 Å². The van der Waals surface area contributed by atoms with Crippen LogP contribution < -0.4 is 10.1 Å². The molecule has 28 heavy (non-hydrogen) atoms. The number of nitrogens with zero attached hydrogens (tertiary/aromatic N) is 4. The SMILES string of the molecule is CN1CCC(Oc2ccc(NC(=O)c3csc(-c4ncccn4)n3)cc2)CC1. The first-order valence-corrected chi connectivity index (χ1v) is 10.0. The Labute approximate surface area is 167 Å². The number of ether oxygens (including phenoxy) is 1. The Morgan fingerprint density at radius 2 is 1.89 bits per heavy atom. The van der Waals surface area contributed by atoms with Crippen LogP contribution in [0.25, 0.3) is 10.8 Å². The summed E-state index contributed by atoms with van der Waals surface area (Å²) in [5.41, 5.74) is 1.05. The molecule has 0 radical (unpaired) electrons. The van der Waals surface area contributed by atoms with Crippen molar-refractivity contribution in [2.45, 2.75) is 18.9 Å². The maximum atomic E-state index is 12.4. The van der Waals surface area contributed by atoms with Gasteiger partial charge in [0.05, 0.1) is 0 Å². The number of piperidine rings is 1. The molecule has 144 valence electrons. The lowest BCUT2D eigenvalue weighted by Gasteiger charge is -2.29. The van der Waals surface area contributed by atoms with E-state index in [9.17, 15) is 4.79 Å². The maximum Gasteiger partial charge on any atom is 0.275 e. The quantitative estimate of drug-likeness (QED) is 0.714. The van der Waals surface area contributed by atoms with Gasteiger partial charge in [0.2, 0.25) is 0 Å². The van der Waals surface area contributed by atoms with Crippen molar-refractivity contribution in [3.05, 3.63) is 53.8 Å². The van der Waals surface area contributed by atoms with Crippen LogP contribution in [0.15, 0.2) is 48.1 Å². The summed E-state index contributed by atoms with van der Waals surface area (Å²) in [5.74, 6) is 1.08. The van der Waals surface area contributed by atoms with Crippen LogP contribution in [0.2, 0.25) is 0 Å². The molecular weight excluding hydrogens is 374 g/mol. The number of carbonyl (C=O) groups excluding carboxylic acids is 1. The Balaban J connectivity index is 1.35. The Morgan fingerprint density at radius 1 is 1.18 bits per heavy atom. The fourth-order valence-electron chi connectivity index (χ4n) is 3.00. The number of thiazole rings is 1. The summed E-state index contributed by atoms with van der Waals surface area (Å²) in [5, 5.41) is 5.19. The Morgan fingerprint density at radius 3 is 2.61 bits per heavy atom. The number of hydrogen-bond donors (Lipinski definition) is 1. The summed E-state index contributed by atoms with van der Waals surface area (Å²) in [7, 11) is 2.13. The zero-order valence-electron chi connectivity index (χ0n) is 15.5. The van der Waals surface area contributed by atoms with E-state index < -0.39 is 0 Å². The van der Waals surface area contributed by atoms with Crippen LogP contribution in [0.1, 0.15) is 23.3 Å². The average Bonchev–Trinajstić information content (AvgIpc) is 3.22. The molecule has 1 saturated heterocycles. The number of amides is 1. The Hall–Kier alpha value is -2.84. The summed E-state index contributed by atoms with van der Waals surface area (Å²) in [6.07, 6.45) is 5.63. The van der Waals surface area contributed by atoms with Gasteiger partial charge in [-0.1, -0.05) is 0 Å². The number of rotatable bonds is 5. The Bertz CT molecular complexity index is 921. The van der Waals surface area contributed by atoms with Crippen LogP contribution in [0.4, 0.5) is 5.69 Å². The lowest BCUT2D eigenvalue weighted by Crippen LogP contribution is -2.35. The minimum atomic E-state index is -0.262. The monoisotopic (exact) mass is 395 g/mol. The second-order valence-corrected chi connectivity index (χ2v) is 7.57. The molecule has 7 nitrogen and oxygen atoms in total. The molecule has 4 rings (SSSR count). The van der Waals surface area contributed by atoms with E-state index in [1.165, 1.54) is 11.3 Å². The highest BCUT2D eigenvalue weighted by molar-refractivity contribution is 7.13. The van der Waals surface area contributed by atoms with Gasteiger partial charge in [0.25, 0.3) is 5.91 Å². The predicted molar refractivity (Wildman–Crippen MR) is 109 cm³/mol. The van der Waals surface area contributed by atoms with Crippen molar-refractivity contribution in [2.24, 2.45) is 0 Å². The van der Waals surface area contributed by atoms with Gasteiger partial charge in [0, 0.05) is 36.6 Å². The van der Waals surface area contributed by atoms with E-state index in [4.69, 9.17) is 4.74 Å². The van der Waals surface area contributed by atoms with Crippen molar-refractivity contribution in [1.82, 2.24) is 19.9 Å². The molecular formula is C20H21N5O2S. The molecule has 0 atom stereocenters. The molecule has 1 aromatic carbocycles. The highest BCUT2D eigenvalue weighted by Gasteiger charge is 2.18. The molecule has 0 saturated carbocycles. The molecule has 2 aromatic heterocycles. The summed E-state index contributed by atoms with van der Waals surface area (Å²) >= 11 is 1.34. The zero-order valence-corrected chi connectivity index (χ0v) is 16.4. The third kappa shape index (κ3) is 4.52. The van der Waals surface area contributed by atoms with E-state index in [0.29, 0.717) is 22.2 Å². The maximum absolute atomic E-state index is 12.4. The van der Waals surface area contributed by atoms with E-state index in [2.05, 4.69) is 32.2 Å². The number of hydrogen-bond acceptors (Lipinski definition) is 7. The van der Waals surface area contributed by atoms with Gasteiger partial charge in [0.1, 0.15) is 17.5 Å².